The predicted octanol–water partition coefficient (Wildman–Crippen LogP) is 5.94. The molecule has 0 saturated carbocycles. The van der Waals surface area contributed by atoms with Gasteiger partial charge < -0.3 is 10.1 Å². The largest absolute Gasteiger partial charge is 0.494 e. The van der Waals surface area contributed by atoms with Gasteiger partial charge in [-0.05, 0) is 42.3 Å². The maximum atomic E-state index is 12.8. The van der Waals surface area contributed by atoms with E-state index in [-0.39, 0.29) is 5.57 Å². The van der Waals surface area contributed by atoms with Crippen molar-refractivity contribution < 1.29 is 9.53 Å². The number of unbranched alkanes of at least 4 members (excludes halogenated alkanes) is 1. The third kappa shape index (κ3) is 6.28. The number of nitrogens with zero attached hydrogens (tertiary/aromatic N) is 3. The van der Waals surface area contributed by atoms with Crippen molar-refractivity contribution in [2.75, 3.05) is 6.61 Å². The van der Waals surface area contributed by atoms with Crippen LogP contribution in [-0.4, -0.2) is 22.3 Å². The van der Waals surface area contributed by atoms with E-state index >= 15 is 0 Å². The maximum Gasteiger partial charge on any atom is 0.262 e. The molecular formula is C30H28N4O2. The molecule has 6 nitrogen and oxygen atoms in total. The number of rotatable bonds is 10. The highest BCUT2D eigenvalue weighted by atomic mass is 16.5. The number of benzene rings is 3. The molecule has 0 atom stereocenters. The fraction of sp³-hybridized carbons (Fsp3) is 0.167. The first-order valence-corrected chi connectivity index (χ1v) is 12.0. The molecule has 180 valence electrons. The van der Waals surface area contributed by atoms with Crippen LogP contribution in [0.2, 0.25) is 0 Å². The lowest BCUT2D eigenvalue weighted by molar-refractivity contribution is -0.117. The lowest BCUT2D eigenvalue weighted by atomic mass is 10.1. The minimum absolute atomic E-state index is 0.00939. The molecule has 1 amide bonds. The standard InChI is InChI=1S/C30H28N4O2/c1-2-3-17-36-28-16-10-13-24(19-28)29-26(22-34(33-29)27-14-8-5-9-15-27)18-25(20-31)30(35)32-21-23-11-6-4-7-12-23/h4-16,18-19,22H,2-3,17,21H2,1H3,(H,32,35). The molecule has 36 heavy (non-hydrogen) atoms. The van der Waals surface area contributed by atoms with E-state index in [1.807, 2.05) is 97.2 Å². The van der Waals surface area contributed by atoms with Gasteiger partial charge in [-0.15, -0.1) is 0 Å². The molecule has 0 saturated heterocycles. The second kappa shape index (κ2) is 12.2. The average Bonchev–Trinajstić information content (AvgIpc) is 3.36. The van der Waals surface area contributed by atoms with Gasteiger partial charge in [-0.1, -0.05) is 74.0 Å². The Hall–Kier alpha value is -4.63. The minimum Gasteiger partial charge on any atom is -0.494 e. The number of carbonyl (C=O) groups excluding carboxylic acids is 1. The number of para-hydroxylation sites is 1. The topological polar surface area (TPSA) is 79.9 Å². The predicted molar refractivity (Wildman–Crippen MR) is 141 cm³/mol. The number of hydrogen-bond donors (Lipinski definition) is 1. The molecule has 4 aromatic rings. The van der Waals surface area contributed by atoms with E-state index in [2.05, 4.69) is 12.2 Å². The second-order valence-corrected chi connectivity index (χ2v) is 8.28. The molecule has 0 aliphatic heterocycles. The molecule has 0 bridgehead atoms. The molecule has 0 aliphatic rings. The molecule has 6 heteroatoms. The number of amides is 1. The zero-order chi connectivity index (χ0) is 25.2. The van der Waals surface area contributed by atoms with Gasteiger partial charge in [-0.2, -0.15) is 10.4 Å². The highest BCUT2D eigenvalue weighted by Crippen LogP contribution is 2.28. The first-order valence-electron chi connectivity index (χ1n) is 12.0. The van der Waals surface area contributed by atoms with Crippen LogP contribution in [0.4, 0.5) is 0 Å². The molecule has 0 fully saturated rings. The molecule has 0 aliphatic carbocycles. The molecule has 1 aromatic heterocycles. The van der Waals surface area contributed by atoms with Crippen LogP contribution in [0.25, 0.3) is 23.0 Å². The van der Waals surface area contributed by atoms with Crippen molar-refractivity contribution in [1.29, 1.82) is 5.26 Å². The Balaban J connectivity index is 1.67. The summed E-state index contributed by atoms with van der Waals surface area (Å²) in [6, 6.07) is 29.1. The van der Waals surface area contributed by atoms with Gasteiger partial charge in [0, 0.05) is 23.9 Å². The minimum atomic E-state index is -0.434. The highest BCUT2D eigenvalue weighted by Gasteiger charge is 2.16. The highest BCUT2D eigenvalue weighted by molar-refractivity contribution is 6.02. The van der Waals surface area contributed by atoms with E-state index in [1.54, 1.807) is 10.8 Å². The third-order valence-corrected chi connectivity index (χ3v) is 5.60. The van der Waals surface area contributed by atoms with Crippen molar-refractivity contribution in [2.45, 2.75) is 26.3 Å². The van der Waals surface area contributed by atoms with Crippen LogP contribution >= 0.6 is 0 Å². The van der Waals surface area contributed by atoms with Gasteiger partial charge in [0.05, 0.1) is 12.3 Å². The average molecular weight is 477 g/mol. The Labute approximate surface area is 211 Å². The quantitative estimate of drug-likeness (QED) is 0.174. The van der Waals surface area contributed by atoms with Gasteiger partial charge in [0.25, 0.3) is 5.91 Å². The Bertz CT molecular complexity index is 1370. The number of nitrogens with one attached hydrogen (secondary N) is 1. The van der Waals surface area contributed by atoms with Crippen LogP contribution in [0.15, 0.2) is 96.7 Å². The molecule has 0 unspecified atom stereocenters. The van der Waals surface area contributed by atoms with E-state index in [1.165, 1.54) is 0 Å². The number of hydrogen-bond acceptors (Lipinski definition) is 4. The van der Waals surface area contributed by atoms with E-state index in [0.717, 1.165) is 35.4 Å². The van der Waals surface area contributed by atoms with Gasteiger partial charge in [0.15, 0.2) is 0 Å². The van der Waals surface area contributed by atoms with Crippen LogP contribution < -0.4 is 10.1 Å². The number of nitriles is 1. The van der Waals surface area contributed by atoms with Crippen molar-refractivity contribution in [3.63, 3.8) is 0 Å². The molecule has 3 aromatic carbocycles. The SMILES string of the molecule is CCCCOc1cccc(-c2nn(-c3ccccc3)cc2C=C(C#N)C(=O)NCc2ccccc2)c1. The van der Waals surface area contributed by atoms with Crippen LogP contribution in [0.5, 0.6) is 5.75 Å². The summed E-state index contributed by atoms with van der Waals surface area (Å²) >= 11 is 0. The summed E-state index contributed by atoms with van der Waals surface area (Å²) in [4.78, 5) is 12.8. The van der Waals surface area contributed by atoms with E-state index in [4.69, 9.17) is 9.84 Å². The molecular weight excluding hydrogens is 448 g/mol. The van der Waals surface area contributed by atoms with E-state index in [0.29, 0.717) is 24.4 Å². The lowest BCUT2D eigenvalue weighted by Crippen LogP contribution is -2.23. The number of carbonyl (C=O) groups is 1. The smallest absolute Gasteiger partial charge is 0.262 e. The first kappa shape index (κ1) is 24.5. The van der Waals surface area contributed by atoms with Gasteiger partial charge >= 0.3 is 0 Å². The van der Waals surface area contributed by atoms with Crippen molar-refractivity contribution in [1.82, 2.24) is 15.1 Å². The van der Waals surface area contributed by atoms with Gasteiger partial charge in [0.1, 0.15) is 23.1 Å². The lowest BCUT2D eigenvalue weighted by Gasteiger charge is -2.07. The van der Waals surface area contributed by atoms with Crippen LogP contribution in [-0.2, 0) is 11.3 Å². The summed E-state index contributed by atoms with van der Waals surface area (Å²) in [7, 11) is 0. The summed E-state index contributed by atoms with van der Waals surface area (Å²) in [6.07, 6.45) is 5.45. The number of aromatic nitrogens is 2. The Morgan fingerprint density at radius 2 is 1.81 bits per heavy atom. The fourth-order valence-corrected chi connectivity index (χ4v) is 3.68. The number of ether oxygens (including phenoxy) is 1. The summed E-state index contributed by atoms with van der Waals surface area (Å²) in [5.41, 5.74) is 4.00. The molecule has 0 radical (unpaired) electrons. The monoisotopic (exact) mass is 476 g/mol. The third-order valence-electron chi connectivity index (χ3n) is 5.60. The van der Waals surface area contributed by atoms with Crippen LogP contribution in [0.3, 0.4) is 0 Å². The Morgan fingerprint density at radius 3 is 2.53 bits per heavy atom. The fourth-order valence-electron chi connectivity index (χ4n) is 3.68. The molecule has 1 N–H and O–H groups in total. The van der Waals surface area contributed by atoms with Crippen molar-refractivity contribution >= 4 is 12.0 Å². The second-order valence-electron chi connectivity index (χ2n) is 8.28. The first-order chi connectivity index (χ1) is 17.7. The van der Waals surface area contributed by atoms with Crippen molar-refractivity contribution in [2.24, 2.45) is 0 Å². The summed E-state index contributed by atoms with van der Waals surface area (Å²) < 4.78 is 7.64. The molecule has 0 spiro atoms. The van der Waals surface area contributed by atoms with E-state index in [9.17, 15) is 10.1 Å². The summed E-state index contributed by atoms with van der Waals surface area (Å²) in [6.45, 7) is 3.11. The zero-order valence-corrected chi connectivity index (χ0v) is 20.2. The van der Waals surface area contributed by atoms with Gasteiger partial charge in [0.2, 0.25) is 0 Å². The van der Waals surface area contributed by atoms with Crippen LogP contribution in [0, 0.1) is 11.3 Å². The molecule has 4 rings (SSSR count). The zero-order valence-electron chi connectivity index (χ0n) is 20.2. The van der Waals surface area contributed by atoms with Crippen molar-refractivity contribution in [3.8, 4) is 28.8 Å². The normalized spacial score (nSPS) is 11.1. The van der Waals surface area contributed by atoms with Gasteiger partial charge in [-0.3, -0.25) is 4.79 Å². The molecule has 1 heterocycles. The Morgan fingerprint density at radius 1 is 1.06 bits per heavy atom. The van der Waals surface area contributed by atoms with E-state index < -0.39 is 5.91 Å². The van der Waals surface area contributed by atoms with Gasteiger partial charge in [-0.25, -0.2) is 4.68 Å². The van der Waals surface area contributed by atoms with Crippen molar-refractivity contribution in [3.05, 3.63) is 108 Å². The summed E-state index contributed by atoms with van der Waals surface area (Å²) in [5, 5.41) is 17.4. The summed E-state index contributed by atoms with van der Waals surface area (Å²) in [5.74, 6) is 0.322. The Kier molecular flexibility index (Phi) is 8.29. The van der Waals surface area contributed by atoms with Crippen LogP contribution in [0.1, 0.15) is 30.9 Å². The maximum absolute atomic E-state index is 12.8.